The van der Waals surface area contributed by atoms with Gasteiger partial charge in [-0.1, -0.05) is 6.07 Å². The molecule has 1 N–H and O–H groups in total. The highest BCUT2D eigenvalue weighted by Crippen LogP contribution is 2.49. The zero-order valence-electron chi connectivity index (χ0n) is 15.9. The average molecular weight is 395 g/mol. The highest BCUT2D eigenvalue weighted by atomic mass is 19.1. The second kappa shape index (κ2) is 7.10. The van der Waals surface area contributed by atoms with Crippen molar-refractivity contribution in [1.29, 1.82) is 0 Å². The normalized spacial score (nSPS) is 20.4. The lowest BCUT2D eigenvalue weighted by molar-refractivity contribution is -0.123. The van der Waals surface area contributed by atoms with Gasteiger partial charge in [-0.3, -0.25) is 4.79 Å². The van der Waals surface area contributed by atoms with E-state index in [1.807, 2.05) is 18.2 Å². The maximum atomic E-state index is 13.8. The first kappa shape index (κ1) is 18.0. The van der Waals surface area contributed by atoms with E-state index in [0.717, 1.165) is 30.4 Å². The van der Waals surface area contributed by atoms with Crippen molar-refractivity contribution in [3.8, 4) is 17.2 Å². The van der Waals surface area contributed by atoms with Gasteiger partial charge in [0, 0.05) is 18.4 Å². The number of amides is 1. The smallest absolute Gasteiger partial charge is 0.220 e. The fourth-order valence-corrected chi connectivity index (χ4v) is 4.27. The molecular weight excluding hydrogens is 373 g/mol. The molecule has 5 nitrogen and oxygen atoms in total. The van der Waals surface area contributed by atoms with Gasteiger partial charge in [-0.15, -0.1) is 0 Å². The maximum absolute atomic E-state index is 13.8. The van der Waals surface area contributed by atoms with Gasteiger partial charge in [-0.05, 0) is 61.6 Å². The van der Waals surface area contributed by atoms with Crippen LogP contribution >= 0.6 is 0 Å². The van der Waals surface area contributed by atoms with E-state index in [4.69, 9.17) is 14.2 Å². The van der Waals surface area contributed by atoms with E-state index in [9.17, 15) is 9.18 Å². The summed E-state index contributed by atoms with van der Waals surface area (Å²) in [7, 11) is 0. The number of carbonyl (C=O) groups is 1. The Balaban J connectivity index is 1.26. The van der Waals surface area contributed by atoms with Crippen LogP contribution in [0, 0.1) is 5.82 Å². The van der Waals surface area contributed by atoms with Gasteiger partial charge in [0.2, 0.25) is 5.91 Å². The van der Waals surface area contributed by atoms with E-state index >= 15 is 0 Å². The number of rotatable bonds is 4. The molecule has 1 unspecified atom stereocenters. The van der Waals surface area contributed by atoms with Crippen LogP contribution in [0.5, 0.6) is 17.2 Å². The number of hydrogen-bond donors (Lipinski definition) is 1. The molecule has 5 rings (SSSR count). The van der Waals surface area contributed by atoms with Gasteiger partial charge >= 0.3 is 0 Å². The average Bonchev–Trinajstić information content (AvgIpc) is 2.71. The SMILES string of the molecule is O=C(CCc1ccc2c(c1)OC=CO2)NC1CC2(CCC2)Oc2ccc(F)cc21. The van der Waals surface area contributed by atoms with Gasteiger partial charge in [0.25, 0.3) is 0 Å². The number of halogens is 1. The number of aryl methyl sites for hydroxylation is 1. The Morgan fingerprint density at radius 1 is 1.07 bits per heavy atom. The van der Waals surface area contributed by atoms with E-state index in [0.29, 0.717) is 36.5 Å². The fraction of sp³-hybridized carbons (Fsp3) is 0.348. The van der Waals surface area contributed by atoms with Crippen LogP contribution < -0.4 is 19.5 Å². The van der Waals surface area contributed by atoms with Crippen LogP contribution in [0.4, 0.5) is 4.39 Å². The van der Waals surface area contributed by atoms with E-state index in [1.54, 1.807) is 6.07 Å². The zero-order valence-corrected chi connectivity index (χ0v) is 15.9. The highest BCUT2D eigenvalue weighted by molar-refractivity contribution is 5.77. The van der Waals surface area contributed by atoms with E-state index in [2.05, 4.69) is 5.32 Å². The molecule has 1 fully saturated rings. The molecule has 2 heterocycles. The number of benzene rings is 2. The van der Waals surface area contributed by atoms with Gasteiger partial charge < -0.3 is 19.5 Å². The topological polar surface area (TPSA) is 56.8 Å². The predicted molar refractivity (Wildman–Crippen MR) is 104 cm³/mol. The van der Waals surface area contributed by atoms with Gasteiger partial charge in [-0.25, -0.2) is 4.39 Å². The summed E-state index contributed by atoms with van der Waals surface area (Å²) in [5, 5.41) is 3.11. The molecule has 1 atom stereocenters. The van der Waals surface area contributed by atoms with Crippen molar-refractivity contribution < 1.29 is 23.4 Å². The Labute approximate surface area is 168 Å². The number of fused-ring (bicyclic) bond motifs is 2. The molecule has 150 valence electrons. The van der Waals surface area contributed by atoms with Gasteiger partial charge in [-0.2, -0.15) is 0 Å². The molecular formula is C23H22FNO4. The number of carbonyl (C=O) groups excluding carboxylic acids is 1. The summed E-state index contributed by atoms with van der Waals surface area (Å²) in [5.41, 5.74) is 1.50. The largest absolute Gasteiger partial charge is 0.487 e. The quantitative estimate of drug-likeness (QED) is 0.824. The van der Waals surface area contributed by atoms with Crippen LogP contribution in [0.1, 0.15) is 49.3 Å². The fourth-order valence-electron chi connectivity index (χ4n) is 4.27. The summed E-state index contributed by atoms with van der Waals surface area (Å²) in [4.78, 5) is 12.7. The third-order valence-electron chi connectivity index (χ3n) is 5.94. The molecule has 0 saturated heterocycles. The predicted octanol–water partition coefficient (Wildman–Crippen LogP) is 4.56. The lowest BCUT2D eigenvalue weighted by atomic mass is 9.73. The van der Waals surface area contributed by atoms with E-state index in [1.165, 1.54) is 24.7 Å². The molecule has 2 aromatic carbocycles. The van der Waals surface area contributed by atoms with Crippen molar-refractivity contribution in [3.05, 3.63) is 65.9 Å². The molecule has 2 aromatic rings. The molecule has 1 aliphatic carbocycles. The second-order valence-electron chi connectivity index (χ2n) is 7.93. The summed E-state index contributed by atoms with van der Waals surface area (Å²) in [6.07, 6.45) is 7.64. The van der Waals surface area contributed by atoms with Gasteiger partial charge in [0.1, 0.15) is 29.7 Å². The Morgan fingerprint density at radius 3 is 2.66 bits per heavy atom. The molecule has 0 bridgehead atoms. The number of nitrogens with one attached hydrogen (secondary N) is 1. The highest BCUT2D eigenvalue weighted by Gasteiger charge is 2.46. The van der Waals surface area contributed by atoms with Crippen molar-refractivity contribution in [1.82, 2.24) is 5.32 Å². The van der Waals surface area contributed by atoms with Crippen molar-refractivity contribution in [2.45, 2.75) is 50.2 Å². The minimum Gasteiger partial charge on any atom is -0.487 e. The van der Waals surface area contributed by atoms with Crippen molar-refractivity contribution in [2.24, 2.45) is 0 Å². The first-order valence-electron chi connectivity index (χ1n) is 9.99. The van der Waals surface area contributed by atoms with Crippen LogP contribution in [-0.2, 0) is 11.2 Å². The van der Waals surface area contributed by atoms with Gasteiger partial charge in [0.15, 0.2) is 11.5 Å². The minimum absolute atomic E-state index is 0.0589. The van der Waals surface area contributed by atoms with Crippen LogP contribution in [0.2, 0.25) is 0 Å². The molecule has 6 heteroatoms. The molecule has 1 amide bonds. The summed E-state index contributed by atoms with van der Waals surface area (Å²) in [6.45, 7) is 0. The van der Waals surface area contributed by atoms with Crippen molar-refractivity contribution in [2.75, 3.05) is 0 Å². The van der Waals surface area contributed by atoms with E-state index < -0.39 is 0 Å². The first-order chi connectivity index (χ1) is 14.1. The van der Waals surface area contributed by atoms with E-state index in [-0.39, 0.29) is 23.4 Å². The first-order valence-corrected chi connectivity index (χ1v) is 9.99. The standard InChI is InChI=1S/C23H22FNO4/c24-16-4-6-19-17(13-16)18(14-23(29-19)8-1-9-23)25-22(26)7-3-15-2-5-20-21(12-15)28-11-10-27-20/h2,4-6,10-13,18H,1,3,7-9,14H2,(H,25,26). The second-order valence-corrected chi connectivity index (χ2v) is 7.93. The third-order valence-corrected chi connectivity index (χ3v) is 5.94. The Kier molecular flexibility index (Phi) is 4.42. The summed E-state index contributed by atoms with van der Waals surface area (Å²) < 4.78 is 30.7. The molecule has 0 radical (unpaired) electrons. The number of ether oxygens (including phenoxy) is 3. The molecule has 3 aliphatic rings. The maximum Gasteiger partial charge on any atom is 0.220 e. The summed E-state index contributed by atoms with van der Waals surface area (Å²) >= 11 is 0. The Hall–Kier alpha value is -3.02. The van der Waals surface area contributed by atoms with Crippen molar-refractivity contribution >= 4 is 5.91 Å². The monoisotopic (exact) mass is 395 g/mol. The minimum atomic E-state index is -0.318. The molecule has 1 spiro atoms. The molecule has 29 heavy (non-hydrogen) atoms. The zero-order chi connectivity index (χ0) is 19.8. The molecule has 0 aromatic heterocycles. The van der Waals surface area contributed by atoms with Crippen LogP contribution in [0.15, 0.2) is 48.9 Å². The van der Waals surface area contributed by atoms with Crippen LogP contribution in [0.25, 0.3) is 0 Å². The molecule has 2 aliphatic heterocycles. The lowest BCUT2D eigenvalue weighted by Gasteiger charge is -2.48. The van der Waals surface area contributed by atoms with Crippen LogP contribution in [0.3, 0.4) is 0 Å². The Morgan fingerprint density at radius 2 is 1.86 bits per heavy atom. The summed E-state index contributed by atoms with van der Waals surface area (Å²) in [6, 6.07) is 9.97. The lowest BCUT2D eigenvalue weighted by Crippen LogP contribution is -2.49. The Bertz CT molecular complexity index is 983. The number of hydrogen-bond acceptors (Lipinski definition) is 4. The van der Waals surface area contributed by atoms with Crippen molar-refractivity contribution in [3.63, 3.8) is 0 Å². The molecule has 1 saturated carbocycles. The van der Waals surface area contributed by atoms with Gasteiger partial charge in [0.05, 0.1) is 6.04 Å². The third kappa shape index (κ3) is 3.55. The summed E-state index contributed by atoms with van der Waals surface area (Å²) in [5.74, 6) is 1.61. The van der Waals surface area contributed by atoms with Crippen LogP contribution in [-0.4, -0.2) is 11.5 Å².